The molecule has 1 saturated carbocycles. The van der Waals surface area contributed by atoms with Gasteiger partial charge >= 0.3 is 0 Å². The average Bonchev–Trinajstić information content (AvgIpc) is 3.01. The summed E-state index contributed by atoms with van der Waals surface area (Å²) in [4.78, 5) is 15.0. The Hall–Kier alpha value is -2.37. The second-order valence-corrected chi connectivity index (χ2v) is 14.1. The van der Waals surface area contributed by atoms with Gasteiger partial charge in [-0.1, -0.05) is 30.2 Å². The lowest BCUT2D eigenvalue weighted by Gasteiger charge is -2.37. The first-order valence-corrected chi connectivity index (χ1v) is 17.0. The molecule has 4 rings (SSSR count). The standard InChI is InChI=1S/C32H46ClN3O6S/c1-35(2)32(25-12-14-26(33)15-13-25)24-10-8-23(9-11-24)20-34-31(37)22-42-21-27-7-5-6-18-36(27)43(38,39)30-17-16-28(40-3)19-29(30)41-4/h12-17,19,23-24,27,32H,5-11,18,20-22H2,1-4H3,(H,34,37). The molecule has 2 fully saturated rings. The van der Waals surface area contributed by atoms with Gasteiger partial charge in [0.25, 0.3) is 0 Å². The largest absolute Gasteiger partial charge is 0.497 e. The minimum absolute atomic E-state index is 0.0924. The number of nitrogens with one attached hydrogen (secondary N) is 1. The molecule has 0 spiro atoms. The molecule has 1 N–H and O–H groups in total. The molecule has 9 nitrogen and oxygen atoms in total. The number of hydrogen-bond acceptors (Lipinski definition) is 7. The number of sulfonamides is 1. The lowest BCUT2D eigenvalue weighted by molar-refractivity contribution is -0.126. The summed E-state index contributed by atoms with van der Waals surface area (Å²) in [5, 5.41) is 3.79. The summed E-state index contributed by atoms with van der Waals surface area (Å²) in [7, 11) is 3.39. The first-order chi connectivity index (χ1) is 20.6. The Balaban J connectivity index is 1.24. The summed E-state index contributed by atoms with van der Waals surface area (Å²) < 4.78 is 45.1. The number of amides is 1. The Labute approximate surface area is 261 Å². The van der Waals surface area contributed by atoms with Crippen LogP contribution in [0.25, 0.3) is 0 Å². The summed E-state index contributed by atoms with van der Waals surface area (Å²) in [6.07, 6.45) is 6.68. The second-order valence-electron chi connectivity index (χ2n) is 11.8. The van der Waals surface area contributed by atoms with Gasteiger partial charge in [0.05, 0.1) is 20.8 Å². The molecule has 2 atom stereocenters. The molecule has 2 unspecified atom stereocenters. The van der Waals surface area contributed by atoms with Crippen molar-refractivity contribution >= 4 is 27.5 Å². The van der Waals surface area contributed by atoms with Crippen molar-refractivity contribution in [2.24, 2.45) is 11.8 Å². The van der Waals surface area contributed by atoms with E-state index in [1.54, 1.807) is 12.1 Å². The molecule has 2 aliphatic rings. The number of nitrogens with zero attached hydrogens (tertiary/aromatic N) is 2. The molecule has 1 heterocycles. The molecule has 43 heavy (non-hydrogen) atoms. The van der Waals surface area contributed by atoms with Gasteiger partial charge in [-0.3, -0.25) is 4.79 Å². The highest BCUT2D eigenvalue weighted by Crippen LogP contribution is 2.39. The molecule has 238 valence electrons. The van der Waals surface area contributed by atoms with E-state index in [0.717, 1.165) is 43.5 Å². The van der Waals surface area contributed by atoms with Crippen LogP contribution in [0, 0.1) is 11.8 Å². The molecule has 11 heteroatoms. The predicted octanol–water partition coefficient (Wildman–Crippen LogP) is 5.14. The lowest BCUT2D eigenvalue weighted by atomic mass is 9.76. The van der Waals surface area contributed by atoms with Gasteiger partial charge in [-0.2, -0.15) is 4.31 Å². The third-order valence-electron chi connectivity index (χ3n) is 8.77. The van der Waals surface area contributed by atoms with E-state index < -0.39 is 10.0 Å². The Kier molecular flexibility index (Phi) is 12.1. The maximum absolute atomic E-state index is 13.6. The van der Waals surface area contributed by atoms with Crippen molar-refractivity contribution in [1.82, 2.24) is 14.5 Å². The molecule has 0 radical (unpaired) electrons. The number of rotatable bonds is 13. The van der Waals surface area contributed by atoms with E-state index in [9.17, 15) is 13.2 Å². The molecule has 0 aromatic heterocycles. The van der Waals surface area contributed by atoms with Gasteiger partial charge < -0.3 is 24.4 Å². The van der Waals surface area contributed by atoms with Gasteiger partial charge in [0, 0.05) is 36.3 Å². The predicted molar refractivity (Wildman–Crippen MR) is 168 cm³/mol. The number of piperidine rings is 1. The number of methoxy groups -OCH3 is 2. The number of hydrogen-bond donors (Lipinski definition) is 1. The summed E-state index contributed by atoms with van der Waals surface area (Å²) in [5.41, 5.74) is 1.29. The van der Waals surface area contributed by atoms with E-state index >= 15 is 0 Å². The number of carbonyl (C=O) groups excluding carboxylic acids is 1. The topological polar surface area (TPSA) is 97.4 Å². The fourth-order valence-electron chi connectivity index (χ4n) is 6.53. The first-order valence-electron chi connectivity index (χ1n) is 15.1. The zero-order valence-electron chi connectivity index (χ0n) is 25.8. The van der Waals surface area contributed by atoms with E-state index in [1.807, 2.05) is 12.1 Å². The van der Waals surface area contributed by atoms with Crippen LogP contribution in [-0.4, -0.2) is 84.2 Å². The van der Waals surface area contributed by atoms with Gasteiger partial charge in [-0.25, -0.2) is 8.42 Å². The van der Waals surface area contributed by atoms with Crippen LogP contribution in [0.3, 0.4) is 0 Å². The van der Waals surface area contributed by atoms with Gasteiger partial charge in [0.15, 0.2) is 0 Å². The number of carbonyl (C=O) groups is 1. The summed E-state index contributed by atoms with van der Waals surface area (Å²) in [6.45, 7) is 1.09. The minimum atomic E-state index is -3.83. The molecule has 1 amide bonds. The van der Waals surface area contributed by atoms with Crippen LogP contribution in [0.5, 0.6) is 11.5 Å². The highest BCUT2D eigenvalue weighted by Gasteiger charge is 2.36. The number of ether oxygens (including phenoxy) is 3. The normalized spacial score (nSPS) is 22.2. The molecule has 1 aliphatic carbocycles. The van der Waals surface area contributed by atoms with E-state index in [-0.39, 0.29) is 35.8 Å². The third-order valence-corrected chi connectivity index (χ3v) is 11.0. The van der Waals surface area contributed by atoms with Gasteiger partial charge in [-0.15, -0.1) is 0 Å². The summed E-state index contributed by atoms with van der Waals surface area (Å²) in [6, 6.07) is 12.8. The highest BCUT2D eigenvalue weighted by molar-refractivity contribution is 7.89. The number of halogens is 1. The maximum Gasteiger partial charge on any atom is 0.247 e. The smallest absolute Gasteiger partial charge is 0.247 e. The van der Waals surface area contributed by atoms with Crippen molar-refractivity contribution in [3.05, 3.63) is 53.1 Å². The van der Waals surface area contributed by atoms with E-state index in [1.165, 1.54) is 30.2 Å². The molecule has 0 bridgehead atoms. The Morgan fingerprint density at radius 1 is 1.02 bits per heavy atom. The van der Waals surface area contributed by atoms with Crippen molar-refractivity contribution in [2.45, 2.75) is 61.9 Å². The maximum atomic E-state index is 13.6. The van der Waals surface area contributed by atoms with Crippen LogP contribution >= 0.6 is 11.6 Å². The second kappa shape index (κ2) is 15.6. The van der Waals surface area contributed by atoms with Gasteiger partial charge in [-0.05, 0) is 94.3 Å². The molecular formula is C32H46ClN3O6S. The van der Waals surface area contributed by atoms with Crippen molar-refractivity contribution in [3.8, 4) is 11.5 Å². The SMILES string of the molecule is COc1ccc(S(=O)(=O)N2CCCCC2COCC(=O)NCC2CCC(C(c3ccc(Cl)cc3)N(C)C)CC2)c(OC)c1. The van der Waals surface area contributed by atoms with Crippen molar-refractivity contribution < 1.29 is 27.4 Å². The first kappa shape index (κ1) is 33.5. The number of benzene rings is 2. The van der Waals surface area contributed by atoms with E-state index in [0.29, 0.717) is 43.1 Å². The zero-order valence-corrected chi connectivity index (χ0v) is 27.3. The van der Waals surface area contributed by atoms with Gasteiger partial charge in [0.1, 0.15) is 23.0 Å². The Bertz CT molecular complexity index is 1300. The fraction of sp³-hybridized carbons (Fsp3) is 0.594. The molecule has 1 aliphatic heterocycles. The van der Waals surface area contributed by atoms with Crippen LogP contribution in [0.4, 0.5) is 0 Å². The van der Waals surface area contributed by atoms with Crippen molar-refractivity contribution in [1.29, 1.82) is 0 Å². The van der Waals surface area contributed by atoms with Crippen LogP contribution in [0.2, 0.25) is 5.02 Å². The van der Waals surface area contributed by atoms with E-state index in [4.69, 9.17) is 25.8 Å². The quantitative estimate of drug-likeness (QED) is 0.325. The van der Waals surface area contributed by atoms with Gasteiger partial charge in [0.2, 0.25) is 15.9 Å². The Morgan fingerprint density at radius 3 is 2.40 bits per heavy atom. The monoisotopic (exact) mass is 635 g/mol. The summed E-state index contributed by atoms with van der Waals surface area (Å²) in [5.74, 6) is 1.58. The molecule has 1 saturated heterocycles. The van der Waals surface area contributed by atoms with Crippen LogP contribution in [0.15, 0.2) is 47.4 Å². The summed E-state index contributed by atoms with van der Waals surface area (Å²) >= 11 is 6.11. The Morgan fingerprint density at radius 2 is 1.74 bits per heavy atom. The molecular weight excluding hydrogens is 590 g/mol. The zero-order chi connectivity index (χ0) is 31.0. The van der Waals surface area contributed by atoms with Crippen LogP contribution < -0.4 is 14.8 Å². The van der Waals surface area contributed by atoms with Crippen molar-refractivity contribution in [2.75, 3.05) is 54.6 Å². The van der Waals surface area contributed by atoms with Crippen molar-refractivity contribution in [3.63, 3.8) is 0 Å². The lowest BCUT2D eigenvalue weighted by Crippen LogP contribution is -2.46. The van der Waals surface area contributed by atoms with E-state index in [2.05, 4.69) is 36.4 Å². The fourth-order valence-corrected chi connectivity index (χ4v) is 8.47. The van der Waals surface area contributed by atoms with Crippen LogP contribution in [-0.2, 0) is 19.6 Å². The average molecular weight is 636 g/mol. The minimum Gasteiger partial charge on any atom is -0.497 e. The molecule has 2 aromatic carbocycles. The van der Waals surface area contributed by atoms with Crippen LogP contribution in [0.1, 0.15) is 56.6 Å². The molecule has 2 aromatic rings. The highest BCUT2D eigenvalue weighted by atomic mass is 35.5. The third kappa shape index (κ3) is 8.63.